The lowest BCUT2D eigenvalue weighted by Crippen LogP contribution is -2.49. The second-order valence-corrected chi connectivity index (χ2v) is 12.1. The number of halogens is 4. The molecule has 0 fully saturated rings. The zero-order valence-electron chi connectivity index (χ0n) is 18.8. The summed E-state index contributed by atoms with van der Waals surface area (Å²) in [6.07, 6.45) is 0. The van der Waals surface area contributed by atoms with Gasteiger partial charge in [0.1, 0.15) is 11.8 Å². The molecule has 1 atom stereocenters. The molecule has 1 aliphatic rings. The maximum absolute atomic E-state index is 13.4. The van der Waals surface area contributed by atoms with E-state index < -0.39 is 42.3 Å². The molecule has 0 unspecified atom stereocenters. The van der Waals surface area contributed by atoms with Crippen molar-refractivity contribution >= 4 is 120 Å². The number of carbonyl (C=O) groups is 4. The van der Waals surface area contributed by atoms with E-state index in [1.54, 1.807) is 38.1 Å². The van der Waals surface area contributed by atoms with Crippen molar-refractivity contribution in [1.29, 1.82) is 0 Å². The number of nitrogens with one attached hydrogen (secondary N) is 1. The Hall–Kier alpha value is -0.760. The molecule has 1 aliphatic heterocycles. The van der Waals surface area contributed by atoms with Gasteiger partial charge in [-0.3, -0.25) is 19.3 Å². The van der Waals surface area contributed by atoms with Crippen LogP contribution in [0.1, 0.15) is 41.5 Å². The fourth-order valence-electron chi connectivity index (χ4n) is 3.55. The summed E-state index contributed by atoms with van der Waals surface area (Å²) >= 11 is 8.40. The second kappa shape index (κ2) is 12.2. The SMILES string of the molecule is CCOc1ccccc1NC(=O)COC(=O)[C@H](C(C)C)N1C(=O)c2c(I)c(I)c(I)c(I)c2C1=O. The first-order valence-corrected chi connectivity index (χ1v) is 14.7. The van der Waals surface area contributed by atoms with Gasteiger partial charge < -0.3 is 14.8 Å². The number of amides is 3. The van der Waals surface area contributed by atoms with Gasteiger partial charge in [-0.15, -0.1) is 0 Å². The lowest BCUT2D eigenvalue weighted by atomic mass is 10.0. The van der Waals surface area contributed by atoms with E-state index >= 15 is 0 Å². The molecule has 3 rings (SSSR count). The van der Waals surface area contributed by atoms with Gasteiger partial charge in [0, 0.05) is 14.3 Å². The Labute approximate surface area is 257 Å². The molecule has 0 spiro atoms. The highest BCUT2D eigenvalue weighted by molar-refractivity contribution is 14.1. The number of carbonyl (C=O) groups excluding carboxylic acids is 4. The van der Waals surface area contributed by atoms with Gasteiger partial charge in [-0.1, -0.05) is 26.0 Å². The highest BCUT2D eigenvalue weighted by atomic mass is 127. The maximum atomic E-state index is 13.4. The number of benzene rings is 2. The van der Waals surface area contributed by atoms with E-state index in [1.165, 1.54) is 0 Å². The highest BCUT2D eigenvalue weighted by Crippen LogP contribution is 2.39. The largest absolute Gasteiger partial charge is 0.492 e. The van der Waals surface area contributed by atoms with Crippen LogP contribution in [0.15, 0.2) is 24.3 Å². The number of anilines is 1. The van der Waals surface area contributed by atoms with Crippen LogP contribution in [0.4, 0.5) is 5.69 Å². The van der Waals surface area contributed by atoms with Crippen LogP contribution in [-0.2, 0) is 14.3 Å². The van der Waals surface area contributed by atoms with E-state index in [0.29, 0.717) is 36.3 Å². The summed E-state index contributed by atoms with van der Waals surface area (Å²) in [7, 11) is 0. The Balaban J connectivity index is 1.79. The second-order valence-electron chi connectivity index (χ2n) is 7.76. The predicted molar refractivity (Wildman–Crippen MR) is 164 cm³/mol. The Morgan fingerprint density at radius 1 is 0.943 bits per heavy atom. The van der Waals surface area contributed by atoms with Crippen LogP contribution in [0, 0.1) is 20.2 Å². The fraction of sp³-hybridized carbons (Fsp3) is 0.304. The summed E-state index contributed by atoms with van der Waals surface area (Å²) in [6.45, 7) is 5.12. The molecule has 2 aromatic carbocycles. The summed E-state index contributed by atoms with van der Waals surface area (Å²) in [4.78, 5) is 53.2. The van der Waals surface area contributed by atoms with E-state index in [-0.39, 0.29) is 0 Å². The lowest BCUT2D eigenvalue weighted by Gasteiger charge is -2.27. The summed E-state index contributed by atoms with van der Waals surface area (Å²) in [5.74, 6) is -2.39. The first kappa shape index (κ1) is 28.8. The summed E-state index contributed by atoms with van der Waals surface area (Å²) < 4.78 is 13.9. The average molecular weight is 928 g/mol. The summed E-state index contributed by atoms with van der Waals surface area (Å²) in [5.41, 5.74) is 1.05. The number of para-hydroxylation sites is 2. The van der Waals surface area contributed by atoms with Crippen LogP contribution >= 0.6 is 90.4 Å². The molecule has 8 nitrogen and oxygen atoms in total. The smallest absolute Gasteiger partial charge is 0.330 e. The normalized spacial score (nSPS) is 13.7. The van der Waals surface area contributed by atoms with Crippen LogP contribution in [0.25, 0.3) is 0 Å². The number of nitrogens with zero attached hydrogens (tertiary/aromatic N) is 1. The first-order valence-electron chi connectivity index (χ1n) is 10.4. The van der Waals surface area contributed by atoms with Crippen LogP contribution < -0.4 is 10.1 Å². The zero-order chi connectivity index (χ0) is 26.0. The van der Waals surface area contributed by atoms with Crippen molar-refractivity contribution in [3.8, 4) is 5.75 Å². The van der Waals surface area contributed by atoms with Gasteiger partial charge in [0.05, 0.1) is 23.4 Å². The van der Waals surface area contributed by atoms with Gasteiger partial charge in [-0.05, 0) is 115 Å². The van der Waals surface area contributed by atoms with E-state index in [4.69, 9.17) is 9.47 Å². The monoisotopic (exact) mass is 928 g/mol. The summed E-state index contributed by atoms with van der Waals surface area (Å²) in [5, 5.41) is 2.66. The standard InChI is InChI=1S/C23H20I4N2O6/c1-4-34-12-8-6-5-7-11(12)28-13(30)9-35-23(33)20(10(2)3)29-21(31)14-15(22(29)32)17(25)19(27)18(26)16(14)24/h5-8,10,20H,4,9H2,1-3H3,(H,28,30)/t20-/m0/s1. The number of hydrogen-bond donors (Lipinski definition) is 1. The van der Waals surface area contributed by atoms with E-state index in [1.807, 2.05) is 6.92 Å². The molecule has 0 aromatic heterocycles. The minimum Gasteiger partial charge on any atom is -0.492 e. The molecule has 12 heteroatoms. The van der Waals surface area contributed by atoms with Crippen LogP contribution in [0.2, 0.25) is 0 Å². The van der Waals surface area contributed by atoms with Gasteiger partial charge in [0.15, 0.2) is 6.61 Å². The molecular weight excluding hydrogens is 908 g/mol. The van der Waals surface area contributed by atoms with Crippen LogP contribution in [0.5, 0.6) is 5.75 Å². The molecule has 1 heterocycles. The Morgan fingerprint density at radius 3 is 2.00 bits per heavy atom. The van der Waals surface area contributed by atoms with Gasteiger partial charge in [-0.2, -0.15) is 0 Å². The van der Waals surface area contributed by atoms with Gasteiger partial charge in [0.2, 0.25) is 0 Å². The number of rotatable bonds is 8. The molecule has 186 valence electrons. The predicted octanol–water partition coefficient (Wildman–Crippen LogP) is 5.31. The molecule has 3 amide bonds. The van der Waals surface area contributed by atoms with Gasteiger partial charge >= 0.3 is 5.97 Å². The van der Waals surface area contributed by atoms with Crippen molar-refractivity contribution in [2.24, 2.45) is 5.92 Å². The molecular formula is C23H20I4N2O6. The topological polar surface area (TPSA) is 102 Å². The fourth-order valence-corrected chi connectivity index (χ4v) is 7.21. The summed E-state index contributed by atoms with van der Waals surface area (Å²) in [6, 6.07) is 5.74. The number of esters is 1. The van der Waals surface area contributed by atoms with E-state index in [0.717, 1.165) is 12.0 Å². The Kier molecular flexibility index (Phi) is 10.0. The number of hydrogen-bond acceptors (Lipinski definition) is 6. The highest BCUT2D eigenvalue weighted by Gasteiger charge is 2.47. The van der Waals surface area contributed by atoms with Crippen molar-refractivity contribution in [2.75, 3.05) is 18.5 Å². The maximum Gasteiger partial charge on any atom is 0.330 e. The van der Waals surface area contributed by atoms with Crippen molar-refractivity contribution in [1.82, 2.24) is 4.90 Å². The Bertz CT molecular complexity index is 1170. The first-order chi connectivity index (χ1) is 16.5. The molecule has 0 bridgehead atoms. The molecule has 1 N–H and O–H groups in total. The molecule has 0 radical (unpaired) electrons. The van der Waals surface area contributed by atoms with E-state index in [2.05, 4.69) is 95.7 Å². The molecule has 2 aromatic rings. The third-order valence-electron chi connectivity index (χ3n) is 5.09. The van der Waals surface area contributed by atoms with Crippen molar-refractivity contribution < 1.29 is 28.7 Å². The molecule has 0 saturated carbocycles. The zero-order valence-corrected chi connectivity index (χ0v) is 27.4. The van der Waals surface area contributed by atoms with Crippen LogP contribution in [0.3, 0.4) is 0 Å². The number of imide groups is 1. The van der Waals surface area contributed by atoms with Crippen molar-refractivity contribution in [3.05, 3.63) is 49.7 Å². The average Bonchev–Trinajstić information content (AvgIpc) is 3.06. The van der Waals surface area contributed by atoms with Crippen molar-refractivity contribution in [3.63, 3.8) is 0 Å². The van der Waals surface area contributed by atoms with E-state index in [9.17, 15) is 19.2 Å². The molecule has 35 heavy (non-hydrogen) atoms. The molecule has 0 saturated heterocycles. The molecule has 0 aliphatic carbocycles. The Morgan fingerprint density at radius 2 is 1.49 bits per heavy atom. The number of ether oxygens (including phenoxy) is 2. The third-order valence-corrected chi connectivity index (χ3v) is 12.5. The van der Waals surface area contributed by atoms with Crippen LogP contribution in [-0.4, -0.2) is 47.8 Å². The van der Waals surface area contributed by atoms with Gasteiger partial charge in [-0.25, -0.2) is 4.79 Å². The van der Waals surface area contributed by atoms with Gasteiger partial charge in [0.25, 0.3) is 17.7 Å². The third kappa shape index (κ3) is 5.89. The lowest BCUT2D eigenvalue weighted by molar-refractivity contribution is -0.152. The minimum atomic E-state index is -1.17. The minimum absolute atomic E-state index is 0.300. The van der Waals surface area contributed by atoms with Crippen molar-refractivity contribution in [2.45, 2.75) is 26.8 Å². The quantitative estimate of drug-likeness (QED) is 0.127. The number of fused-ring (bicyclic) bond motifs is 1.